The van der Waals surface area contributed by atoms with Crippen molar-refractivity contribution in [3.8, 4) is 5.75 Å². The summed E-state index contributed by atoms with van der Waals surface area (Å²) in [5.41, 5.74) is 0.980. The van der Waals surface area contributed by atoms with E-state index in [1.165, 1.54) is 11.3 Å². The lowest BCUT2D eigenvalue weighted by Gasteiger charge is -2.07. The molecular formula is C17H16N2O2S2. The first-order chi connectivity index (χ1) is 11.2. The first-order valence-corrected chi connectivity index (χ1v) is 9.37. The second-order valence-electron chi connectivity index (χ2n) is 4.92. The summed E-state index contributed by atoms with van der Waals surface area (Å²) in [7, 11) is 0. The van der Waals surface area contributed by atoms with E-state index in [2.05, 4.69) is 10.3 Å². The van der Waals surface area contributed by atoms with Crippen LogP contribution >= 0.6 is 23.1 Å². The van der Waals surface area contributed by atoms with Crippen LogP contribution in [0.2, 0.25) is 0 Å². The minimum absolute atomic E-state index is 0.0320. The number of carbonyl (C=O) groups is 1. The Kier molecular flexibility index (Phi) is 5.15. The van der Waals surface area contributed by atoms with Gasteiger partial charge in [0.2, 0.25) is 0 Å². The zero-order chi connectivity index (χ0) is 16.1. The molecule has 0 saturated carbocycles. The van der Waals surface area contributed by atoms with E-state index in [9.17, 15) is 4.79 Å². The van der Waals surface area contributed by atoms with E-state index < -0.39 is 0 Å². The van der Waals surface area contributed by atoms with Crippen molar-refractivity contribution in [1.29, 1.82) is 0 Å². The highest BCUT2D eigenvalue weighted by Gasteiger charge is 2.07. The summed E-state index contributed by atoms with van der Waals surface area (Å²) in [6, 6.07) is 13.8. The van der Waals surface area contributed by atoms with Gasteiger partial charge in [0.15, 0.2) is 11.7 Å². The molecule has 23 heavy (non-hydrogen) atoms. The summed E-state index contributed by atoms with van der Waals surface area (Å²) in [5.74, 6) is 1.32. The number of nitrogens with one attached hydrogen (secondary N) is 1. The predicted octanol–water partition coefficient (Wildman–Crippen LogP) is 4.18. The Morgan fingerprint density at radius 3 is 2.91 bits per heavy atom. The Balaban J connectivity index is 1.56. The lowest BCUT2D eigenvalue weighted by atomic mass is 10.1. The zero-order valence-corrected chi connectivity index (χ0v) is 14.2. The smallest absolute Gasteiger partial charge is 0.264 e. The van der Waals surface area contributed by atoms with Gasteiger partial charge in [-0.05, 0) is 29.2 Å². The molecule has 0 spiro atoms. The van der Waals surface area contributed by atoms with Gasteiger partial charge in [0.05, 0.1) is 5.69 Å². The minimum Gasteiger partial charge on any atom is -0.484 e. The lowest BCUT2D eigenvalue weighted by molar-refractivity contribution is -0.118. The summed E-state index contributed by atoms with van der Waals surface area (Å²) in [5, 5.41) is 7.57. The Morgan fingerprint density at radius 1 is 1.26 bits per heavy atom. The third-order valence-electron chi connectivity index (χ3n) is 3.18. The van der Waals surface area contributed by atoms with Gasteiger partial charge in [-0.15, -0.1) is 11.3 Å². The van der Waals surface area contributed by atoms with Crippen molar-refractivity contribution < 1.29 is 9.53 Å². The molecule has 4 nitrogen and oxygen atoms in total. The summed E-state index contributed by atoms with van der Waals surface area (Å²) >= 11 is 3.13. The summed E-state index contributed by atoms with van der Waals surface area (Å²) < 4.78 is 5.56. The number of ether oxygens (including phenoxy) is 1. The third kappa shape index (κ3) is 4.24. The van der Waals surface area contributed by atoms with Crippen LogP contribution in [0.3, 0.4) is 0 Å². The van der Waals surface area contributed by atoms with E-state index in [1.807, 2.05) is 54.1 Å². The zero-order valence-electron chi connectivity index (χ0n) is 12.6. The highest BCUT2D eigenvalue weighted by Crippen LogP contribution is 2.21. The SMILES string of the molecule is CSCc1csc(NC(=O)COc2ccc3ccccc3c2)n1. The number of benzene rings is 2. The van der Waals surface area contributed by atoms with Gasteiger partial charge in [0, 0.05) is 11.1 Å². The van der Waals surface area contributed by atoms with Crippen LogP contribution in [0.1, 0.15) is 5.69 Å². The topological polar surface area (TPSA) is 51.2 Å². The molecule has 1 N–H and O–H groups in total. The number of thiazole rings is 1. The lowest BCUT2D eigenvalue weighted by Crippen LogP contribution is -2.20. The molecule has 0 aliphatic carbocycles. The van der Waals surface area contributed by atoms with Crippen LogP contribution in [-0.2, 0) is 10.5 Å². The number of fused-ring (bicyclic) bond motifs is 1. The quantitative estimate of drug-likeness (QED) is 0.729. The summed E-state index contributed by atoms with van der Waals surface area (Å²) in [6.45, 7) is -0.0320. The molecule has 6 heteroatoms. The highest BCUT2D eigenvalue weighted by atomic mass is 32.2. The van der Waals surface area contributed by atoms with E-state index in [-0.39, 0.29) is 12.5 Å². The molecule has 0 atom stereocenters. The second-order valence-corrected chi connectivity index (χ2v) is 6.65. The Labute approximate surface area is 142 Å². The fourth-order valence-corrected chi connectivity index (χ4v) is 3.42. The van der Waals surface area contributed by atoms with Crippen molar-refractivity contribution in [3.05, 3.63) is 53.5 Å². The number of hydrogen-bond donors (Lipinski definition) is 1. The van der Waals surface area contributed by atoms with E-state index in [0.717, 1.165) is 22.2 Å². The van der Waals surface area contributed by atoms with Crippen molar-refractivity contribution in [2.75, 3.05) is 18.2 Å². The summed E-state index contributed by atoms with van der Waals surface area (Å²) in [4.78, 5) is 16.3. The number of rotatable bonds is 6. The average molecular weight is 344 g/mol. The number of nitrogens with zero attached hydrogens (tertiary/aromatic N) is 1. The molecule has 1 heterocycles. The highest BCUT2D eigenvalue weighted by molar-refractivity contribution is 7.97. The van der Waals surface area contributed by atoms with Crippen LogP contribution < -0.4 is 10.1 Å². The van der Waals surface area contributed by atoms with Crippen LogP contribution in [0.5, 0.6) is 5.75 Å². The first kappa shape index (κ1) is 15.8. The molecule has 3 aromatic rings. The van der Waals surface area contributed by atoms with Crippen molar-refractivity contribution >= 4 is 44.9 Å². The summed E-state index contributed by atoms with van der Waals surface area (Å²) in [6.07, 6.45) is 2.02. The van der Waals surface area contributed by atoms with Crippen molar-refractivity contribution in [3.63, 3.8) is 0 Å². The molecule has 0 aliphatic heterocycles. The Morgan fingerprint density at radius 2 is 2.09 bits per heavy atom. The number of hydrogen-bond acceptors (Lipinski definition) is 5. The molecular weight excluding hydrogens is 328 g/mol. The first-order valence-electron chi connectivity index (χ1n) is 7.09. The van der Waals surface area contributed by atoms with Gasteiger partial charge in [-0.1, -0.05) is 30.3 Å². The molecule has 118 valence electrons. The maximum absolute atomic E-state index is 11.9. The maximum Gasteiger partial charge on any atom is 0.264 e. The Hall–Kier alpha value is -2.05. The van der Waals surface area contributed by atoms with E-state index in [4.69, 9.17) is 4.74 Å². The van der Waals surface area contributed by atoms with Gasteiger partial charge in [0.25, 0.3) is 5.91 Å². The fraction of sp³-hybridized carbons (Fsp3) is 0.176. The van der Waals surface area contributed by atoms with Crippen LogP contribution in [0.15, 0.2) is 47.8 Å². The number of amides is 1. The molecule has 0 saturated heterocycles. The molecule has 1 amide bonds. The van der Waals surface area contributed by atoms with E-state index in [0.29, 0.717) is 10.9 Å². The predicted molar refractivity (Wildman–Crippen MR) is 97.4 cm³/mol. The third-order valence-corrected chi connectivity index (χ3v) is 4.57. The molecule has 0 aliphatic rings. The van der Waals surface area contributed by atoms with Crippen LogP contribution in [0.25, 0.3) is 10.8 Å². The number of carbonyl (C=O) groups excluding carboxylic acids is 1. The average Bonchev–Trinajstić information content (AvgIpc) is 3.00. The number of anilines is 1. The monoisotopic (exact) mass is 344 g/mol. The normalized spacial score (nSPS) is 10.7. The molecule has 0 radical (unpaired) electrons. The van der Waals surface area contributed by atoms with E-state index >= 15 is 0 Å². The second kappa shape index (κ2) is 7.48. The van der Waals surface area contributed by atoms with Crippen LogP contribution in [-0.4, -0.2) is 23.8 Å². The van der Waals surface area contributed by atoms with Crippen LogP contribution in [0.4, 0.5) is 5.13 Å². The van der Waals surface area contributed by atoms with Gasteiger partial charge in [0.1, 0.15) is 5.75 Å². The van der Waals surface area contributed by atoms with Crippen molar-refractivity contribution in [1.82, 2.24) is 4.98 Å². The molecule has 0 unspecified atom stereocenters. The van der Waals surface area contributed by atoms with Gasteiger partial charge >= 0.3 is 0 Å². The van der Waals surface area contributed by atoms with Crippen molar-refractivity contribution in [2.24, 2.45) is 0 Å². The van der Waals surface area contributed by atoms with Crippen LogP contribution in [0, 0.1) is 0 Å². The van der Waals surface area contributed by atoms with Gasteiger partial charge < -0.3 is 4.74 Å². The van der Waals surface area contributed by atoms with Crippen molar-refractivity contribution in [2.45, 2.75) is 5.75 Å². The molecule has 2 aromatic carbocycles. The standard InChI is InChI=1S/C17H16N2O2S2/c1-22-10-14-11-23-17(18-14)19-16(20)9-21-15-7-6-12-4-2-3-5-13(12)8-15/h2-8,11H,9-10H2,1H3,(H,18,19,20). The van der Waals surface area contributed by atoms with E-state index in [1.54, 1.807) is 11.8 Å². The number of thioether (sulfide) groups is 1. The van der Waals surface area contributed by atoms with Gasteiger partial charge in [-0.2, -0.15) is 11.8 Å². The van der Waals surface area contributed by atoms with Gasteiger partial charge in [-0.25, -0.2) is 4.98 Å². The molecule has 0 bridgehead atoms. The Bertz CT molecular complexity index is 817. The number of aromatic nitrogens is 1. The molecule has 1 aromatic heterocycles. The van der Waals surface area contributed by atoms with Gasteiger partial charge in [-0.3, -0.25) is 10.1 Å². The minimum atomic E-state index is -0.205. The molecule has 0 fully saturated rings. The molecule has 3 rings (SSSR count). The largest absolute Gasteiger partial charge is 0.484 e. The maximum atomic E-state index is 11.9. The fourth-order valence-electron chi connectivity index (χ4n) is 2.14.